The van der Waals surface area contributed by atoms with Gasteiger partial charge in [0.2, 0.25) is 0 Å². The van der Waals surface area contributed by atoms with Gasteiger partial charge in [-0.3, -0.25) is 4.79 Å². The summed E-state index contributed by atoms with van der Waals surface area (Å²) in [6.45, 7) is 0.636. The molecule has 1 fully saturated rings. The lowest BCUT2D eigenvalue weighted by molar-refractivity contribution is -0.151. The molecule has 1 saturated heterocycles. The van der Waals surface area contributed by atoms with Crippen LogP contribution in [0.2, 0.25) is 0 Å². The molecule has 0 aromatic heterocycles. The largest absolute Gasteiger partial charge is 0.480 e. The van der Waals surface area contributed by atoms with Crippen LogP contribution < -0.4 is 5.32 Å². The predicted octanol–water partition coefficient (Wildman–Crippen LogP) is 0.788. The van der Waals surface area contributed by atoms with E-state index < -0.39 is 17.4 Å². The van der Waals surface area contributed by atoms with E-state index in [9.17, 15) is 14.7 Å². The number of carboxylic acids is 1. The van der Waals surface area contributed by atoms with Gasteiger partial charge < -0.3 is 15.2 Å². The van der Waals surface area contributed by atoms with Crippen LogP contribution in [0.1, 0.15) is 18.4 Å². The number of aliphatic carboxylic acids is 1. The summed E-state index contributed by atoms with van der Waals surface area (Å²) in [5.41, 5.74) is -0.556. The number of nitrogens with one attached hydrogen (secondary N) is 1. The molecule has 0 saturated carbocycles. The van der Waals surface area contributed by atoms with Crippen molar-refractivity contribution in [3.63, 3.8) is 0 Å². The standard InChI is InChI=1S/C15H15NO4/c17-13(7-6-12-4-2-1-3-5-12)16-15(14(18)19)8-10-20-11-9-15/h1-5H,8-11H2,(H,16,17)(H,18,19). The highest BCUT2D eigenvalue weighted by Gasteiger charge is 2.41. The molecule has 1 amide bonds. The maximum atomic E-state index is 11.8. The molecule has 1 heterocycles. The molecule has 20 heavy (non-hydrogen) atoms. The molecule has 104 valence electrons. The third-order valence-corrected chi connectivity index (χ3v) is 3.20. The van der Waals surface area contributed by atoms with Crippen molar-refractivity contribution in [3.8, 4) is 11.8 Å². The van der Waals surface area contributed by atoms with Crippen molar-refractivity contribution >= 4 is 11.9 Å². The predicted molar refractivity (Wildman–Crippen MR) is 71.9 cm³/mol. The smallest absolute Gasteiger partial charge is 0.329 e. The summed E-state index contributed by atoms with van der Waals surface area (Å²) in [5, 5.41) is 11.8. The fourth-order valence-corrected chi connectivity index (χ4v) is 2.01. The van der Waals surface area contributed by atoms with E-state index >= 15 is 0 Å². The van der Waals surface area contributed by atoms with Crippen LogP contribution in [0.5, 0.6) is 0 Å². The van der Waals surface area contributed by atoms with Gasteiger partial charge in [-0.2, -0.15) is 0 Å². The molecule has 2 rings (SSSR count). The molecule has 1 aromatic carbocycles. The Morgan fingerprint density at radius 3 is 2.45 bits per heavy atom. The Bertz CT molecular complexity index is 550. The van der Waals surface area contributed by atoms with Crippen LogP contribution in [0.4, 0.5) is 0 Å². The van der Waals surface area contributed by atoms with Gasteiger partial charge in [0.1, 0.15) is 5.54 Å². The summed E-state index contributed by atoms with van der Waals surface area (Å²) in [7, 11) is 0. The Morgan fingerprint density at radius 2 is 1.85 bits per heavy atom. The zero-order valence-corrected chi connectivity index (χ0v) is 10.9. The molecule has 1 aliphatic heterocycles. The quantitative estimate of drug-likeness (QED) is 0.781. The van der Waals surface area contributed by atoms with Gasteiger partial charge in [-0.05, 0) is 12.1 Å². The fourth-order valence-electron chi connectivity index (χ4n) is 2.01. The molecule has 2 N–H and O–H groups in total. The summed E-state index contributed by atoms with van der Waals surface area (Å²) < 4.78 is 5.14. The molecule has 0 atom stereocenters. The molecule has 5 heteroatoms. The van der Waals surface area contributed by atoms with Crippen molar-refractivity contribution in [2.45, 2.75) is 18.4 Å². The lowest BCUT2D eigenvalue weighted by Crippen LogP contribution is -2.57. The molecule has 0 bridgehead atoms. The van der Waals surface area contributed by atoms with E-state index in [0.717, 1.165) is 0 Å². The molecule has 1 aliphatic rings. The first-order chi connectivity index (χ1) is 9.62. The van der Waals surface area contributed by atoms with Crippen LogP contribution in [0, 0.1) is 11.8 Å². The number of carbonyl (C=O) groups is 2. The average Bonchev–Trinajstić information content (AvgIpc) is 2.47. The van der Waals surface area contributed by atoms with Crippen molar-refractivity contribution in [1.82, 2.24) is 5.32 Å². The number of carboxylic acid groups (broad SMARTS) is 1. The molecule has 0 spiro atoms. The first-order valence-electron chi connectivity index (χ1n) is 6.33. The molecule has 0 radical (unpaired) electrons. The molecule has 5 nitrogen and oxygen atoms in total. The summed E-state index contributed by atoms with van der Waals surface area (Å²) >= 11 is 0. The van der Waals surface area contributed by atoms with Crippen LogP contribution in [0.15, 0.2) is 30.3 Å². The molecular formula is C15H15NO4. The van der Waals surface area contributed by atoms with Crippen LogP contribution in [-0.2, 0) is 14.3 Å². The number of carbonyl (C=O) groups excluding carboxylic acids is 1. The fraction of sp³-hybridized carbons (Fsp3) is 0.333. The first-order valence-corrected chi connectivity index (χ1v) is 6.33. The van der Waals surface area contributed by atoms with Gasteiger partial charge in [0.15, 0.2) is 0 Å². The zero-order chi connectivity index (χ0) is 14.4. The van der Waals surface area contributed by atoms with Crippen molar-refractivity contribution in [2.75, 3.05) is 13.2 Å². The Hall–Kier alpha value is -2.32. The van der Waals surface area contributed by atoms with Crippen molar-refractivity contribution in [1.29, 1.82) is 0 Å². The van der Waals surface area contributed by atoms with E-state index in [1.54, 1.807) is 12.1 Å². The van der Waals surface area contributed by atoms with Gasteiger partial charge >= 0.3 is 5.97 Å². The van der Waals surface area contributed by atoms with Gasteiger partial charge in [-0.15, -0.1) is 0 Å². The molecule has 1 aromatic rings. The summed E-state index contributed by atoms with van der Waals surface area (Å²) in [5.74, 6) is 3.49. The number of ether oxygens (including phenoxy) is 1. The Morgan fingerprint density at radius 1 is 1.20 bits per heavy atom. The van der Waals surface area contributed by atoms with E-state index in [0.29, 0.717) is 18.8 Å². The van der Waals surface area contributed by atoms with Gasteiger partial charge in [-0.25, -0.2) is 4.79 Å². The van der Waals surface area contributed by atoms with E-state index in [-0.39, 0.29) is 12.8 Å². The lowest BCUT2D eigenvalue weighted by atomic mass is 9.90. The first kappa shape index (κ1) is 14.1. The van der Waals surface area contributed by atoms with Gasteiger partial charge in [0.25, 0.3) is 5.91 Å². The van der Waals surface area contributed by atoms with E-state index in [1.807, 2.05) is 18.2 Å². The Labute approximate surface area is 116 Å². The number of hydrogen-bond acceptors (Lipinski definition) is 3. The van der Waals surface area contributed by atoms with Crippen LogP contribution in [-0.4, -0.2) is 35.7 Å². The topological polar surface area (TPSA) is 75.6 Å². The highest BCUT2D eigenvalue weighted by Crippen LogP contribution is 2.20. The SMILES string of the molecule is O=C(C#Cc1ccccc1)NC1(C(=O)O)CCOCC1. The van der Waals surface area contributed by atoms with Gasteiger partial charge in [0, 0.05) is 37.5 Å². The van der Waals surface area contributed by atoms with Crippen LogP contribution >= 0.6 is 0 Å². The van der Waals surface area contributed by atoms with E-state index in [1.165, 1.54) is 0 Å². The van der Waals surface area contributed by atoms with Crippen LogP contribution in [0.3, 0.4) is 0 Å². The highest BCUT2D eigenvalue weighted by atomic mass is 16.5. The number of hydrogen-bond donors (Lipinski definition) is 2. The molecule has 0 aliphatic carbocycles. The van der Waals surface area contributed by atoms with Crippen LogP contribution in [0.25, 0.3) is 0 Å². The zero-order valence-electron chi connectivity index (χ0n) is 10.9. The monoisotopic (exact) mass is 273 g/mol. The van der Waals surface area contributed by atoms with Gasteiger partial charge in [-0.1, -0.05) is 24.1 Å². The Balaban J connectivity index is 2.06. The summed E-state index contributed by atoms with van der Waals surface area (Å²) in [6.07, 6.45) is 0.502. The maximum Gasteiger partial charge on any atom is 0.329 e. The number of rotatable bonds is 2. The second kappa shape index (κ2) is 6.22. The van der Waals surface area contributed by atoms with E-state index in [4.69, 9.17) is 4.74 Å². The molecular weight excluding hydrogens is 258 g/mol. The Kier molecular flexibility index (Phi) is 4.38. The second-order valence-electron chi connectivity index (χ2n) is 4.57. The normalized spacial score (nSPS) is 16.6. The van der Waals surface area contributed by atoms with Crippen molar-refractivity contribution < 1.29 is 19.4 Å². The number of benzene rings is 1. The minimum atomic E-state index is -1.26. The average molecular weight is 273 g/mol. The summed E-state index contributed by atoms with van der Waals surface area (Å²) in [4.78, 5) is 23.2. The van der Waals surface area contributed by atoms with Gasteiger partial charge in [0.05, 0.1) is 0 Å². The third kappa shape index (κ3) is 3.37. The maximum absolute atomic E-state index is 11.8. The highest BCUT2D eigenvalue weighted by molar-refractivity contribution is 5.97. The van der Waals surface area contributed by atoms with E-state index in [2.05, 4.69) is 17.2 Å². The van der Waals surface area contributed by atoms with Crippen molar-refractivity contribution in [3.05, 3.63) is 35.9 Å². The third-order valence-electron chi connectivity index (χ3n) is 3.20. The minimum Gasteiger partial charge on any atom is -0.480 e. The van der Waals surface area contributed by atoms with Crippen molar-refractivity contribution in [2.24, 2.45) is 0 Å². The summed E-state index contributed by atoms with van der Waals surface area (Å²) in [6, 6.07) is 9.05. The minimum absolute atomic E-state index is 0.251. The number of amides is 1. The molecule has 0 unspecified atom stereocenters. The second-order valence-corrected chi connectivity index (χ2v) is 4.57. The lowest BCUT2D eigenvalue weighted by Gasteiger charge is -2.33.